The normalized spacial score (nSPS) is 11.2. The Kier molecular flexibility index (Phi) is 3.39. The van der Waals surface area contributed by atoms with E-state index in [1.807, 2.05) is 6.92 Å². The van der Waals surface area contributed by atoms with Crippen molar-refractivity contribution in [2.24, 2.45) is 0 Å². The minimum atomic E-state index is -4.22. The molecule has 0 fully saturated rings. The van der Waals surface area contributed by atoms with Gasteiger partial charge in [0.05, 0.1) is 0 Å². The second kappa shape index (κ2) is 4.38. The Hall–Kier alpha value is -1.45. The van der Waals surface area contributed by atoms with Gasteiger partial charge in [-0.25, -0.2) is 0 Å². The maximum Gasteiger partial charge on any atom is 0.406 e. The summed E-state index contributed by atoms with van der Waals surface area (Å²) in [4.78, 5) is 1.07. The Morgan fingerprint density at radius 2 is 1.80 bits per heavy atom. The summed E-state index contributed by atoms with van der Waals surface area (Å²) < 4.78 is 36.5. The predicted molar refractivity (Wildman–Crippen MR) is 54.8 cm³/mol. The molecule has 0 spiro atoms. The van der Waals surface area contributed by atoms with Crippen LogP contribution < -0.4 is 4.90 Å². The fourth-order valence-corrected chi connectivity index (χ4v) is 1.19. The fourth-order valence-electron chi connectivity index (χ4n) is 1.19. The SMILES string of the molecule is C=CN(CC(F)(F)F)c1ccc(C)cc1. The molecule has 0 saturated heterocycles. The van der Waals surface area contributed by atoms with Crippen LogP contribution in [0.25, 0.3) is 0 Å². The first-order chi connectivity index (χ1) is 6.92. The summed E-state index contributed by atoms with van der Waals surface area (Å²) in [6, 6.07) is 6.82. The third-order valence-corrected chi connectivity index (χ3v) is 1.94. The van der Waals surface area contributed by atoms with Crippen LogP contribution in [-0.4, -0.2) is 12.7 Å². The lowest BCUT2D eigenvalue weighted by atomic mass is 10.2. The molecule has 0 aromatic heterocycles. The number of aryl methyl sites for hydroxylation is 1. The van der Waals surface area contributed by atoms with E-state index in [1.54, 1.807) is 24.3 Å². The van der Waals surface area contributed by atoms with Gasteiger partial charge in [-0.05, 0) is 25.3 Å². The molecule has 1 aromatic rings. The third kappa shape index (κ3) is 3.65. The molecule has 1 rings (SSSR count). The van der Waals surface area contributed by atoms with Crippen LogP contribution in [-0.2, 0) is 0 Å². The summed E-state index contributed by atoms with van der Waals surface area (Å²) in [5.74, 6) is 0. The number of halogens is 3. The van der Waals surface area contributed by atoms with Crippen molar-refractivity contribution in [3.8, 4) is 0 Å². The van der Waals surface area contributed by atoms with Crippen LogP contribution in [0.2, 0.25) is 0 Å². The van der Waals surface area contributed by atoms with E-state index in [0.717, 1.165) is 10.5 Å². The Bertz CT molecular complexity index is 327. The zero-order valence-electron chi connectivity index (χ0n) is 8.38. The molecular formula is C11H12F3N. The van der Waals surface area contributed by atoms with Gasteiger partial charge >= 0.3 is 6.18 Å². The van der Waals surface area contributed by atoms with Gasteiger partial charge in [-0.1, -0.05) is 24.3 Å². The van der Waals surface area contributed by atoms with Crippen molar-refractivity contribution in [2.45, 2.75) is 13.1 Å². The second-order valence-corrected chi connectivity index (χ2v) is 3.26. The molecule has 0 heterocycles. The minimum Gasteiger partial charge on any atom is -0.339 e. The van der Waals surface area contributed by atoms with E-state index in [4.69, 9.17) is 0 Å². The van der Waals surface area contributed by atoms with Gasteiger partial charge < -0.3 is 4.90 Å². The summed E-state index contributed by atoms with van der Waals surface area (Å²) in [6.45, 7) is 4.24. The van der Waals surface area contributed by atoms with E-state index in [0.29, 0.717) is 5.69 Å². The van der Waals surface area contributed by atoms with E-state index in [-0.39, 0.29) is 0 Å². The molecule has 0 saturated carbocycles. The zero-order chi connectivity index (χ0) is 11.5. The van der Waals surface area contributed by atoms with Gasteiger partial charge in [0.1, 0.15) is 6.54 Å². The molecule has 0 amide bonds. The molecule has 1 nitrogen and oxygen atoms in total. The Morgan fingerprint density at radius 3 is 2.20 bits per heavy atom. The van der Waals surface area contributed by atoms with Gasteiger partial charge in [-0.2, -0.15) is 13.2 Å². The van der Waals surface area contributed by atoms with Crippen LogP contribution >= 0.6 is 0 Å². The van der Waals surface area contributed by atoms with Crippen LogP contribution in [0.3, 0.4) is 0 Å². The van der Waals surface area contributed by atoms with Crippen LogP contribution in [0.4, 0.5) is 18.9 Å². The summed E-state index contributed by atoms with van der Waals surface area (Å²) in [7, 11) is 0. The van der Waals surface area contributed by atoms with Gasteiger partial charge in [-0.3, -0.25) is 0 Å². The Labute approximate surface area is 86.8 Å². The molecule has 0 aliphatic rings. The van der Waals surface area contributed by atoms with Crippen molar-refractivity contribution < 1.29 is 13.2 Å². The number of anilines is 1. The summed E-state index contributed by atoms with van der Waals surface area (Å²) >= 11 is 0. The largest absolute Gasteiger partial charge is 0.406 e. The standard InChI is InChI=1S/C11H12F3N/c1-3-15(8-11(12,13)14)10-6-4-9(2)5-7-10/h3-7H,1,8H2,2H3. The first kappa shape index (κ1) is 11.6. The molecule has 82 valence electrons. The van der Waals surface area contributed by atoms with Crippen molar-refractivity contribution in [2.75, 3.05) is 11.4 Å². The first-order valence-corrected chi connectivity index (χ1v) is 4.45. The molecule has 4 heteroatoms. The molecule has 0 aliphatic carbocycles. The quantitative estimate of drug-likeness (QED) is 0.745. The maximum atomic E-state index is 12.2. The Balaban J connectivity index is 2.83. The van der Waals surface area contributed by atoms with Gasteiger partial charge in [0.25, 0.3) is 0 Å². The lowest BCUT2D eigenvalue weighted by molar-refractivity contribution is -0.118. The van der Waals surface area contributed by atoms with Gasteiger partial charge in [0, 0.05) is 5.69 Å². The van der Waals surface area contributed by atoms with Gasteiger partial charge in [-0.15, -0.1) is 0 Å². The van der Waals surface area contributed by atoms with Crippen LogP contribution in [0.5, 0.6) is 0 Å². The maximum absolute atomic E-state index is 12.2. The average molecular weight is 215 g/mol. The molecule has 0 atom stereocenters. The predicted octanol–water partition coefficient (Wildman–Crippen LogP) is 3.51. The average Bonchev–Trinajstić information content (AvgIpc) is 2.14. The Morgan fingerprint density at radius 1 is 1.27 bits per heavy atom. The third-order valence-electron chi connectivity index (χ3n) is 1.94. The van der Waals surface area contributed by atoms with Crippen LogP contribution in [0.1, 0.15) is 5.56 Å². The molecule has 15 heavy (non-hydrogen) atoms. The lowest BCUT2D eigenvalue weighted by Crippen LogP contribution is -2.29. The van der Waals surface area contributed by atoms with Crippen molar-refractivity contribution in [1.29, 1.82) is 0 Å². The van der Waals surface area contributed by atoms with Crippen molar-refractivity contribution in [3.05, 3.63) is 42.6 Å². The monoisotopic (exact) mass is 215 g/mol. The van der Waals surface area contributed by atoms with Gasteiger partial charge in [0.15, 0.2) is 0 Å². The number of alkyl halides is 3. The first-order valence-electron chi connectivity index (χ1n) is 4.45. The van der Waals surface area contributed by atoms with E-state index in [1.165, 1.54) is 6.20 Å². The topological polar surface area (TPSA) is 3.24 Å². The fraction of sp³-hybridized carbons (Fsp3) is 0.273. The highest BCUT2D eigenvalue weighted by Crippen LogP contribution is 2.22. The second-order valence-electron chi connectivity index (χ2n) is 3.26. The summed E-state index contributed by atoms with van der Waals surface area (Å²) in [5, 5.41) is 0. The highest BCUT2D eigenvalue weighted by atomic mass is 19.4. The van der Waals surface area contributed by atoms with E-state index >= 15 is 0 Å². The number of nitrogens with zero attached hydrogens (tertiary/aromatic N) is 1. The van der Waals surface area contributed by atoms with Crippen LogP contribution in [0.15, 0.2) is 37.0 Å². The molecule has 0 bridgehead atoms. The number of benzene rings is 1. The number of hydrogen-bond acceptors (Lipinski definition) is 1. The highest BCUT2D eigenvalue weighted by Gasteiger charge is 2.29. The van der Waals surface area contributed by atoms with Crippen molar-refractivity contribution >= 4 is 5.69 Å². The molecule has 1 aromatic carbocycles. The number of rotatable bonds is 3. The molecule has 0 radical (unpaired) electrons. The van der Waals surface area contributed by atoms with Crippen molar-refractivity contribution in [1.82, 2.24) is 0 Å². The smallest absolute Gasteiger partial charge is 0.339 e. The van der Waals surface area contributed by atoms with Crippen molar-refractivity contribution in [3.63, 3.8) is 0 Å². The zero-order valence-corrected chi connectivity index (χ0v) is 8.38. The summed E-state index contributed by atoms with van der Waals surface area (Å²) in [6.07, 6.45) is -3.04. The highest BCUT2D eigenvalue weighted by molar-refractivity contribution is 5.49. The molecule has 0 N–H and O–H groups in total. The van der Waals surface area contributed by atoms with E-state index in [2.05, 4.69) is 6.58 Å². The van der Waals surface area contributed by atoms with E-state index < -0.39 is 12.7 Å². The van der Waals surface area contributed by atoms with Gasteiger partial charge in [0.2, 0.25) is 0 Å². The number of hydrogen-bond donors (Lipinski definition) is 0. The summed E-state index contributed by atoms with van der Waals surface area (Å²) in [5.41, 5.74) is 1.50. The minimum absolute atomic E-state index is 0.493. The molecular weight excluding hydrogens is 203 g/mol. The molecule has 0 aliphatic heterocycles. The lowest BCUT2D eigenvalue weighted by Gasteiger charge is -2.21. The van der Waals surface area contributed by atoms with E-state index in [9.17, 15) is 13.2 Å². The molecule has 0 unspecified atom stereocenters. The van der Waals surface area contributed by atoms with Crippen LogP contribution in [0, 0.1) is 6.92 Å².